The summed E-state index contributed by atoms with van der Waals surface area (Å²) in [4.78, 5) is 0. The van der Waals surface area contributed by atoms with Gasteiger partial charge in [-0.05, 0) is 63.3 Å². The Labute approximate surface area is 111 Å². The molecule has 0 bridgehead atoms. The van der Waals surface area contributed by atoms with E-state index in [9.17, 15) is 0 Å². The van der Waals surface area contributed by atoms with Crippen LogP contribution in [0.4, 0.5) is 0 Å². The van der Waals surface area contributed by atoms with Gasteiger partial charge in [0.25, 0.3) is 0 Å². The van der Waals surface area contributed by atoms with Crippen molar-refractivity contribution in [3.05, 3.63) is 0 Å². The van der Waals surface area contributed by atoms with Crippen molar-refractivity contribution in [2.45, 2.75) is 76.0 Å². The average molecular weight is 251 g/mol. The van der Waals surface area contributed by atoms with Crippen molar-refractivity contribution in [3.63, 3.8) is 0 Å². The van der Waals surface area contributed by atoms with Gasteiger partial charge in [-0.1, -0.05) is 12.8 Å². The molecule has 3 fully saturated rings. The molecule has 104 valence electrons. The number of rotatable bonds is 4. The second-order valence-corrected chi connectivity index (χ2v) is 6.85. The molecular formula is C15H29N3. The summed E-state index contributed by atoms with van der Waals surface area (Å²) in [5.74, 6) is 2.06. The fourth-order valence-corrected chi connectivity index (χ4v) is 3.73. The highest BCUT2D eigenvalue weighted by Crippen LogP contribution is 2.38. The minimum Gasteiger partial charge on any atom is -0.328 e. The Bertz CT molecular complexity index is 256. The first-order chi connectivity index (χ1) is 8.79. The third kappa shape index (κ3) is 3.69. The van der Waals surface area contributed by atoms with Gasteiger partial charge < -0.3 is 11.1 Å². The van der Waals surface area contributed by atoms with Crippen LogP contribution in [0.5, 0.6) is 0 Å². The molecule has 1 heterocycles. The largest absolute Gasteiger partial charge is 0.328 e. The minimum atomic E-state index is 0.463. The third-order valence-corrected chi connectivity index (χ3v) is 5.08. The number of nitrogens with one attached hydrogen (secondary N) is 2. The third-order valence-electron chi connectivity index (χ3n) is 5.08. The van der Waals surface area contributed by atoms with E-state index in [2.05, 4.69) is 10.6 Å². The van der Waals surface area contributed by atoms with E-state index in [0.29, 0.717) is 18.2 Å². The zero-order valence-corrected chi connectivity index (χ0v) is 11.5. The van der Waals surface area contributed by atoms with Gasteiger partial charge in [-0.3, -0.25) is 5.32 Å². The Morgan fingerprint density at radius 2 is 1.72 bits per heavy atom. The monoisotopic (exact) mass is 251 g/mol. The molecule has 0 radical (unpaired) electrons. The highest BCUT2D eigenvalue weighted by Gasteiger charge is 2.30. The molecule has 3 rings (SSSR count). The first-order valence-corrected chi connectivity index (χ1v) is 8.04. The molecule has 2 saturated carbocycles. The van der Waals surface area contributed by atoms with E-state index in [-0.39, 0.29) is 0 Å². The summed E-state index contributed by atoms with van der Waals surface area (Å²) in [6, 6.07) is 1.17. The molecule has 3 nitrogen and oxygen atoms in total. The zero-order chi connectivity index (χ0) is 12.4. The van der Waals surface area contributed by atoms with Gasteiger partial charge in [0, 0.05) is 12.1 Å². The maximum Gasteiger partial charge on any atom is 0.0576 e. The lowest BCUT2D eigenvalue weighted by atomic mass is 9.88. The molecule has 3 heteroatoms. The molecule has 2 aliphatic carbocycles. The Hall–Kier alpha value is -0.120. The van der Waals surface area contributed by atoms with Crippen LogP contribution >= 0.6 is 0 Å². The maximum absolute atomic E-state index is 5.97. The maximum atomic E-state index is 5.97. The summed E-state index contributed by atoms with van der Waals surface area (Å²) < 4.78 is 0. The van der Waals surface area contributed by atoms with Gasteiger partial charge in [0.15, 0.2) is 0 Å². The number of piperidine rings is 1. The van der Waals surface area contributed by atoms with Crippen LogP contribution < -0.4 is 16.4 Å². The smallest absolute Gasteiger partial charge is 0.0576 e. The molecule has 2 unspecified atom stereocenters. The zero-order valence-electron chi connectivity index (χ0n) is 11.5. The van der Waals surface area contributed by atoms with Crippen LogP contribution in [0.1, 0.15) is 57.8 Å². The van der Waals surface area contributed by atoms with Crippen molar-refractivity contribution >= 4 is 0 Å². The molecule has 0 aromatic carbocycles. The molecule has 4 N–H and O–H groups in total. The highest BCUT2D eigenvalue weighted by atomic mass is 15.1. The van der Waals surface area contributed by atoms with Crippen molar-refractivity contribution in [3.8, 4) is 0 Å². The molecule has 1 saturated heterocycles. The lowest BCUT2D eigenvalue weighted by Crippen LogP contribution is -2.52. The molecule has 1 aliphatic heterocycles. The van der Waals surface area contributed by atoms with Crippen LogP contribution in [-0.2, 0) is 0 Å². The van der Waals surface area contributed by atoms with Gasteiger partial charge in [0.1, 0.15) is 0 Å². The van der Waals surface area contributed by atoms with Crippen LogP contribution in [0.2, 0.25) is 0 Å². The fraction of sp³-hybridized carbons (Fsp3) is 1.00. The molecule has 0 aromatic rings. The Balaban J connectivity index is 1.41. The van der Waals surface area contributed by atoms with E-state index in [1.54, 1.807) is 0 Å². The summed E-state index contributed by atoms with van der Waals surface area (Å²) in [6.45, 7) is 1.21. The second-order valence-electron chi connectivity index (χ2n) is 6.85. The molecule has 0 amide bonds. The van der Waals surface area contributed by atoms with Crippen molar-refractivity contribution in [2.75, 3.05) is 6.54 Å². The van der Waals surface area contributed by atoms with Gasteiger partial charge in [0.05, 0.1) is 6.17 Å². The minimum absolute atomic E-state index is 0.463. The normalized spacial score (nSPS) is 41.8. The van der Waals surface area contributed by atoms with E-state index in [4.69, 9.17) is 5.73 Å². The Kier molecular flexibility index (Phi) is 4.22. The lowest BCUT2D eigenvalue weighted by molar-refractivity contribution is 0.213. The fourth-order valence-electron chi connectivity index (χ4n) is 3.73. The van der Waals surface area contributed by atoms with Crippen LogP contribution in [-0.4, -0.2) is 24.8 Å². The van der Waals surface area contributed by atoms with E-state index in [1.807, 2.05) is 0 Å². The van der Waals surface area contributed by atoms with Crippen LogP contribution in [0, 0.1) is 11.8 Å². The van der Waals surface area contributed by atoms with Crippen molar-refractivity contribution in [2.24, 2.45) is 17.6 Å². The van der Waals surface area contributed by atoms with E-state index in [1.165, 1.54) is 64.3 Å². The average Bonchev–Trinajstić information content (AvgIpc) is 3.17. The second kappa shape index (κ2) is 5.89. The van der Waals surface area contributed by atoms with E-state index >= 15 is 0 Å². The van der Waals surface area contributed by atoms with Crippen molar-refractivity contribution in [1.29, 1.82) is 0 Å². The molecule has 2 atom stereocenters. The Morgan fingerprint density at radius 1 is 0.944 bits per heavy atom. The number of nitrogens with two attached hydrogens (primary N) is 1. The summed E-state index contributed by atoms with van der Waals surface area (Å²) in [6.07, 6.45) is 12.8. The van der Waals surface area contributed by atoms with Crippen LogP contribution in [0.25, 0.3) is 0 Å². The highest BCUT2D eigenvalue weighted by molar-refractivity contribution is 4.86. The van der Waals surface area contributed by atoms with Gasteiger partial charge in [-0.25, -0.2) is 0 Å². The van der Waals surface area contributed by atoms with E-state index < -0.39 is 0 Å². The molecular weight excluding hydrogens is 222 g/mol. The van der Waals surface area contributed by atoms with Gasteiger partial charge >= 0.3 is 0 Å². The molecule has 0 spiro atoms. The first kappa shape index (κ1) is 12.9. The standard InChI is InChI=1S/C15H29N3/c16-13-3-5-14(6-4-13)18-15-10-12(7-8-17-15)9-11-1-2-11/h11-15,17-18H,1-10,16H2. The van der Waals surface area contributed by atoms with Gasteiger partial charge in [-0.2, -0.15) is 0 Å². The lowest BCUT2D eigenvalue weighted by Gasteiger charge is -2.36. The number of hydrogen-bond acceptors (Lipinski definition) is 3. The van der Waals surface area contributed by atoms with Crippen molar-refractivity contribution < 1.29 is 0 Å². The van der Waals surface area contributed by atoms with Gasteiger partial charge in [0.2, 0.25) is 0 Å². The van der Waals surface area contributed by atoms with Crippen LogP contribution in [0.15, 0.2) is 0 Å². The molecule has 18 heavy (non-hydrogen) atoms. The molecule has 3 aliphatic rings. The SMILES string of the molecule is NC1CCC(NC2CC(CC3CC3)CCN2)CC1. The summed E-state index contributed by atoms with van der Waals surface area (Å²) in [7, 11) is 0. The summed E-state index contributed by atoms with van der Waals surface area (Å²) in [5, 5.41) is 7.49. The first-order valence-electron chi connectivity index (χ1n) is 8.04. The van der Waals surface area contributed by atoms with Gasteiger partial charge in [-0.15, -0.1) is 0 Å². The summed E-state index contributed by atoms with van der Waals surface area (Å²) >= 11 is 0. The topological polar surface area (TPSA) is 50.1 Å². The van der Waals surface area contributed by atoms with E-state index in [0.717, 1.165) is 11.8 Å². The predicted octanol–water partition coefficient (Wildman–Crippen LogP) is 1.97. The van der Waals surface area contributed by atoms with Crippen LogP contribution in [0.3, 0.4) is 0 Å². The summed E-state index contributed by atoms with van der Waals surface area (Å²) in [5.41, 5.74) is 5.97. The predicted molar refractivity (Wildman–Crippen MR) is 75.2 cm³/mol. The molecule has 0 aromatic heterocycles. The van der Waals surface area contributed by atoms with Crippen molar-refractivity contribution in [1.82, 2.24) is 10.6 Å². The quantitative estimate of drug-likeness (QED) is 0.716. The number of hydrogen-bond donors (Lipinski definition) is 3. The Morgan fingerprint density at radius 3 is 2.44 bits per heavy atom.